The summed E-state index contributed by atoms with van der Waals surface area (Å²) >= 11 is 0. The highest BCUT2D eigenvalue weighted by atomic mass is 32.2. The molecule has 2 nitrogen and oxygen atoms in total. The lowest BCUT2D eigenvalue weighted by molar-refractivity contribution is 0.591. The zero-order valence-electron chi connectivity index (χ0n) is 14.4. The van der Waals surface area contributed by atoms with Gasteiger partial charge in [-0.05, 0) is 36.2 Å². The monoisotopic (exact) mass is 360 g/mol. The first-order chi connectivity index (χ1) is 12.6. The highest BCUT2D eigenvalue weighted by Crippen LogP contribution is 2.22. The molecule has 0 saturated heterocycles. The molecular weight excluding hydrogens is 340 g/mol. The maximum absolute atomic E-state index is 12.6. The minimum absolute atomic E-state index is 0.0695. The quantitative estimate of drug-likeness (QED) is 0.619. The Morgan fingerprint density at radius 3 is 1.88 bits per heavy atom. The summed E-state index contributed by atoms with van der Waals surface area (Å²) in [6.45, 7) is 0. The van der Waals surface area contributed by atoms with Crippen LogP contribution in [0.4, 0.5) is 0 Å². The van der Waals surface area contributed by atoms with Gasteiger partial charge in [-0.25, -0.2) is 8.42 Å². The van der Waals surface area contributed by atoms with Crippen LogP contribution in [0.25, 0.3) is 0 Å². The number of rotatable bonds is 5. The second-order valence-electron chi connectivity index (χ2n) is 6.02. The molecule has 3 heteroatoms. The predicted octanol–water partition coefficient (Wildman–Crippen LogP) is 4.69. The van der Waals surface area contributed by atoms with Crippen molar-refractivity contribution in [1.82, 2.24) is 0 Å². The maximum atomic E-state index is 12.6. The van der Waals surface area contributed by atoms with Gasteiger partial charge >= 0.3 is 0 Å². The third kappa shape index (κ3) is 4.84. The van der Waals surface area contributed by atoms with Crippen LogP contribution in [0.15, 0.2) is 95.9 Å². The van der Waals surface area contributed by atoms with E-state index in [2.05, 4.69) is 11.8 Å². The van der Waals surface area contributed by atoms with Crippen LogP contribution in [0.3, 0.4) is 0 Å². The molecule has 130 valence electrons. The molecular formula is C23H20O2S. The van der Waals surface area contributed by atoms with Gasteiger partial charge in [0.25, 0.3) is 0 Å². The van der Waals surface area contributed by atoms with E-state index in [1.165, 1.54) is 0 Å². The van der Waals surface area contributed by atoms with Crippen LogP contribution >= 0.6 is 0 Å². The molecule has 0 aromatic heterocycles. The van der Waals surface area contributed by atoms with Gasteiger partial charge in [0.1, 0.15) is 0 Å². The minimum Gasteiger partial charge on any atom is -0.224 e. The molecule has 0 bridgehead atoms. The molecule has 3 rings (SSSR count). The van der Waals surface area contributed by atoms with Gasteiger partial charge in [-0.1, -0.05) is 78.6 Å². The lowest BCUT2D eigenvalue weighted by atomic mass is 9.97. The number of hydrogen-bond donors (Lipinski definition) is 0. The average molecular weight is 360 g/mol. The van der Waals surface area contributed by atoms with Crippen LogP contribution in [0, 0.1) is 11.8 Å². The van der Waals surface area contributed by atoms with Gasteiger partial charge in [0.05, 0.1) is 10.6 Å². The second kappa shape index (κ2) is 8.51. The largest absolute Gasteiger partial charge is 0.224 e. The third-order valence-electron chi connectivity index (χ3n) is 4.14. The Morgan fingerprint density at radius 1 is 0.731 bits per heavy atom. The molecule has 0 unspecified atom stereocenters. The Kier molecular flexibility index (Phi) is 5.88. The highest BCUT2D eigenvalue weighted by Gasteiger charge is 2.17. The summed E-state index contributed by atoms with van der Waals surface area (Å²) in [5.41, 5.74) is 1.97. The molecule has 0 amide bonds. The summed E-state index contributed by atoms with van der Waals surface area (Å²) in [7, 11) is -3.31. The fraction of sp³-hybridized carbons (Fsp3) is 0.130. The molecule has 0 spiro atoms. The van der Waals surface area contributed by atoms with Crippen LogP contribution in [0.5, 0.6) is 0 Å². The van der Waals surface area contributed by atoms with E-state index in [1.807, 2.05) is 66.7 Å². The van der Waals surface area contributed by atoms with Crippen molar-refractivity contribution in [1.29, 1.82) is 0 Å². The van der Waals surface area contributed by atoms with Gasteiger partial charge in [0.15, 0.2) is 9.84 Å². The molecule has 0 aliphatic carbocycles. The van der Waals surface area contributed by atoms with Crippen molar-refractivity contribution in [2.45, 2.75) is 17.2 Å². The van der Waals surface area contributed by atoms with Crippen molar-refractivity contribution in [3.05, 3.63) is 102 Å². The molecule has 0 aliphatic rings. The van der Waals surface area contributed by atoms with Crippen LogP contribution < -0.4 is 0 Å². The topological polar surface area (TPSA) is 34.1 Å². The van der Waals surface area contributed by atoms with Crippen LogP contribution in [-0.2, 0) is 9.84 Å². The van der Waals surface area contributed by atoms with Gasteiger partial charge in [-0.15, -0.1) is 0 Å². The van der Waals surface area contributed by atoms with Crippen LogP contribution in [-0.4, -0.2) is 14.2 Å². The SMILES string of the molecule is O=S(=O)(CC[C@@H](C#Cc1ccccc1)c1ccccc1)c1ccccc1. The summed E-state index contributed by atoms with van der Waals surface area (Å²) in [6.07, 6.45) is 0.459. The molecule has 0 aliphatic heterocycles. The molecule has 0 saturated carbocycles. The van der Waals surface area contributed by atoms with Crippen LogP contribution in [0.1, 0.15) is 23.5 Å². The van der Waals surface area contributed by atoms with E-state index in [0.29, 0.717) is 11.3 Å². The fourth-order valence-corrected chi connectivity index (χ4v) is 4.07. The van der Waals surface area contributed by atoms with Crippen molar-refractivity contribution < 1.29 is 8.42 Å². The molecule has 26 heavy (non-hydrogen) atoms. The maximum Gasteiger partial charge on any atom is 0.178 e. The van der Waals surface area contributed by atoms with Crippen molar-refractivity contribution in [3.8, 4) is 11.8 Å². The standard InChI is InChI=1S/C23H20O2S/c24-26(25,23-14-8-3-9-15-23)19-18-22(21-12-6-2-7-13-21)17-16-20-10-4-1-5-11-20/h1-15,22H,18-19H2/t22-/m1/s1. The Labute approximate surface area is 155 Å². The van der Waals surface area contributed by atoms with Gasteiger partial charge in [0.2, 0.25) is 0 Å². The van der Waals surface area contributed by atoms with E-state index < -0.39 is 9.84 Å². The smallest absolute Gasteiger partial charge is 0.178 e. The molecule has 3 aromatic rings. The molecule has 0 radical (unpaired) electrons. The van der Waals surface area contributed by atoms with Crippen molar-refractivity contribution in [3.63, 3.8) is 0 Å². The lowest BCUT2D eigenvalue weighted by Gasteiger charge is -2.12. The van der Waals surface area contributed by atoms with Crippen molar-refractivity contribution in [2.75, 3.05) is 5.75 Å². The number of benzene rings is 3. The predicted molar refractivity (Wildman–Crippen MR) is 106 cm³/mol. The third-order valence-corrected chi connectivity index (χ3v) is 5.91. The molecule has 0 N–H and O–H groups in total. The normalized spacial score (nSPS) is 12.0. The summed E-state index contributed by atoms with van der Waals surface area (Å²) in [6, 6.07) is 28.2. The Balaban J connectivity index is 1.82. The van der Waals surface area contributed by atoms with E-state index in [1.54, 1.807) is 24.3 Å². The molecule has 0 fully saturated rings. The summed E-state index contributed by atoms with van der Waals surface area (Å²) < 4.78 is 25.2. The van der Waals surface area contributed by atoms with E-state index in [9.17, 15) is 8.42 Å². The summed E-state index contributed by atoms with van der Waals surface area (Å²) in [5.74, 6) is 6.38. The van der Waals surface area contributed by atoms with Crippen molar-refractivity contribution >= 4 is 9.84 Å². The summed E-state index contributed by atoms with van der Waals surface area (Å²) in [5, 5.41) is 0. The lowest BCUT2D eigenvalue weighted by Crippen LogP contribution is -2.10. The van der Waals surface area contributed by atoms with Gasteiger partial charge < -0.3 is 0 Å². The molecule has 3 aromatic carbocycles. The Morgan fingerprint density at radius 2 is 1.27 bits per heavy atom. The second-order valence-corrected chi connectivity index (χ2v) is 8.13. The Bertz CT molecular complexity index is 984. The first kappa shape index (κ1) is 18.0. The average Bonchev–Trinajstić information content (AvgIpc) is 2.70. The van der Waals surface area contributed by atoms with E-state index in [-0.39, 0.29) is 11.7 Å². The highest BCUT2D eigenvalue weighted by molar-refractivity contribution is 7.91. The first-order valence-electron chi connectivity index (χ1n) is 8.54. The zero-order valence-corrected chi connectivity index (χ0v) is 15.2. The van der Waals surface area contributed by atoms with Gasteiger partial charge in [-0.2, -0.15) is 0 Å². The van der Waals surface area contributed by atoms with E-state index in [4.69, 9.17) is 0 Å². The summed E-state index contributed by atoms with van der Waals surface area (Å²) in [4.78, 5) is 0.364. The number of hydrogen-bond acceptors (Lipinski definition) is 2. The number of sulfone groups is 1. The Hall–Kier alpha value is -2.83. The van der Waals surface area contributed by atoms with Gasteiger partial charge in [0, 0.05) is 11.5 Å². The van der Waals surface area contributed by atoms with E-state index >= 15 is 0 Å². The molecule has 0 heterocycles. The fourth-order valence-electron chi connectivity index (χ4n) is 2.72. The minimum atomic E-state index is -3.31. The van der Waals surface area contributed by atoms with Crippen LogP contribution in [0.2, 0.25) is 0 Å². The van der Waals surface area contributed by atoms with Gasteiger partial charge in [-0.3, -0.25) is 0 Å². The first-order valence-corrected chi connectivity index (χ1v) is 10.2. The van der Waals surface area contributed by atoms with E-state index in [0.717, 1.165) is 11.1 Å². The zero-order chi connectivity index (χ0) is 18.2. The molecule has 1 atom stereocenters. The van der Waals surface area contributed by atoms with Crippen molar-refractivity contribution in [2.24, 2.45) is 0 Å².